The van der Waals surface area contributed by atoms with E-state index in [9.17, 15) is 4.79 Å². The monoisotopic (exact) mass is 540 g/mol. The lowest BCUT2D eigenvalue weighted by molar-refractivity contribution is -0.150. The van der Waals surface area contributed by atoms with Crippen LogP contribution in [0.5, 0.6) is 0 Å². The van der Waals surface area contributed by atoms with Crippen LogP contribution >= 0.6 is 11.8 Å². The fourth-order valence-corrected chi connectivity index (χ4v) is 6.96. The molecule has 1 aromatic rings. The van der Waals surface area contributed by atoms with Crippen LogP contribution in [-0.2, 0) is 23.4 Å². The second kappa shape index (κ2) is 13.0. The van der Waals surface area contributed by atoms with Gasteiger partial charge in [0.05, 0.1) is 17.8 Å². The number of carbonyl (C=O) groups excluding carboxylic acids is 1. The minimum atomic E-state index is -2.40. The van der Waals surface area contributed by atoms with E-state index in [1.807, 2.05) is 37.3 Å². The number of carbonyl (C=O) groups is 1. The van der Waals surface area contributed by atoms with Gasteiger partial charge in [-0.25, -0.2) is 0 Å². The minimum absolute atomic E-state index is 0.0398. The zero-order valence-electron chi connectivity index (χ0n) is 23.3. The number of hydrogen-bond donors (Lipinski definition) is 0. The summed E-state index contributed by atoms with van der Waals surface area (Å²) in [5.74, 6) is 11.5. The molecule has 0 fully saturated rings. The lowest BCUT2D eigenvalue weighted by Crippen LogP contribution is -2.61. The maximum absolute atomic E-state index is 13.6. The zero-order valence-corrected chi connectivity index (χ0v) is 25.2. The van der Waals surface area contributed by atoms with E-state index in [0.717, 1.165) is 4.90 Å². The number of rotatable bonds is 9. The van der Waals surface area contributed by atoms with Crippen LogP contribution in [0, 0.1) is 29.6 Å². The summed E-state index contributed by atoms with van der Waals surface area (Å²) in [6.45, 7) is 17.2. The number of hydrogen-bond acceptors (Lipinski definition) is 6. The number of esters is 1. The zero-order chi connectivity index (χ0) is 27.7. The molecule has 0 saturated heterocycles. The highest BCUT2D eigenvalue weighted by molar-refractivity contribution is 8.01. The SMILES string of the molecule is C=C[C@]1(Sc2ccccc2)[C@@H](C(=O)OC)C[C@@H](OCOC)C#C/C=C\C#C[C@@]1(C)O[Si](C)(C)C(C)(C)C. The van der Waals surface area contributed by atoms with E-state index in [-0.39, 0.29) is 18.3 Å². The van der Waals surface area contributed by atoms with Crippen LogP contribution < -0.4 is 0 Å². The number of methoxy groups -OCH3 is 2. The molecule has 37 heavy (non-hydrogen) atoms. The van der Waals surface area contributed by atoms with Gasteiger partial charge in [0, 0.05) is 18.4 Å². The van der Waals surface area contributed by atoms with Crippen molar-refractivity contribution in [3.63, 3.8) is 0 Å². The van der Waals surface area contributed by atoms with Crippen LogP contribution in [0.3, 0.4) is 0 Å². The molecule has 4 atom stereocenters. The van der Waals surface area contributed by atoms with Crippen LogP contribution in [0.25, 0.3) is 0 Å². The summed E-state index contributed by atoms with van der Waals surface area (Å²) in [4.78, 5) is 14.6. The third-order valence-electron chi connectivity index (χ3n) is 6.99. The summed E-state index contributed by atoms with van der Waals surface area (Å²) in [5.41, 5.74) is -1.13. The molecular weight excluding hydrogens is 500 g/mol. The summed E-state index contributed by atoms with van der Waals surface area (Å²) in [6.07, 6.45) is 4.82. The Morgan fingerprint density at radius 2 is 1.84 bits per heavy atom. The average Bonchev–Trinajstić information content (AvgIpc) is 2.86. The van der Waals surface area contributed by atoms with Crippen LogP contribution in [-0.4, -0.2) is 51.8 Å². The highest BCUT2D eigenvalue weighted by Crippen LogP contribution is 2.53. The Balaban J connectivity index is 2.89. The molecule has 1 aromatic carbocycles. The smallest absolute Gasteiger partial charge is 0.310 e. The molecule has 0 aromatic heterocycles. The Morgan fingerprint density at radius 1 is 1.19 bits per heavy atom. The van der Waals surface area contributed by atoms with Gasteiger partial charge in [-0.05, 0) is 49.3 Å². The van der Waals surface area contributed by atoms with Crippen molar-refractivity contribution in [2.24, 2.45) is 5.92 Å². The first-order chi connectivity index (χ1) is 17.4. The standard InChI is InChI=1S/C30H40O5SSi/c1-10-30(36-25-19-15-13-16-20-25)26(27(31)33-7)22-24(34-23-32-6)18-14-11-12-17-21-29(30,5)35-37(8,9)28(2,3)4/h10-13,15-16,19-20,24,26H,1,22-23H2,2-9H3/b12-11-/t24-,26+,29+,30-/m0/s1. The molecule has 200 valence electrons. The van der Waals surface area contributed by atoms with E-state index < -0.39 is 36.7 Å². The maximum atomic E-state index is 13.6. The third-order valence-corrected chi connectivity index (χ3v) is 13.2. The molecule has 0 aliphatic heterocycles. The Morgan fingerprint density at radius 3 is 2.41 bits per heavy atom. The van der Waals surface area contributed by atoms with E-state index in [1.165, 1.54) is 18.9 Å². The molecular formula is C30H40O5SSi. The molecule has 0 radical (unpaired) electrons. The van der Waals surface area contributed by atoms with Gasteiger partial charge < -0.3 is 18.6 Å². The van der Waals surface area contributed by atoms with Gasteiger partial charge in [0.1, 0.15) is 18.5 Å². The van der Waals surface area contributed by atoms with Crippen molar-refractivity contribution in [3.8, 4) is 23.7 Å². The molecule has 2 rings (SSSR count). The second-order valence-electron chi connectivity index (χ2n) is 10.6. The van der Waals surface area contributed by atoms with Crippen molar-refractivity contribution in [2.75, 3.05) is 21.0 Å². The topological polar surface area (TPSA) is 54.0 Å². The molecule has 0 spiro atoms. The highest BCUT2D eigenvalue weighted by Gasteiger charge is 2.59. The van der Waals surface area contributed by atoms with Gasteiger partial charge in [0.25, 0.3) is 0 Å². The molecule has 0 heterocycles. The van der Waals surface area contributed by atoms with Gasteiger partial charge in [0.15, 0.2) is 8.32 Å². The maximum Gasteiger partial charge on any atom is 0.310 e. The molecule has 0 N–H and O–H groups in total. The van der Waals surface area contributed by atoms with Gasteiger partial charge in [-0.1, -0.05) is 68.7 Å². The van der Waals surface area contributed by atoms with Crippen LogP contribution in [0.1, 0.15) is 34.1 Å². The molecule has 7 heteroatoms. The normalized spacial score (nSPS) is 26.9. The first kappa shape index (κ1) is 31.0. The predicted octanol–water partition coefficient (Wildman–Crippen LogP) is 6.23. The summed E-state index contributed by atoms with van der Waals surface area (Å²) >= 11 is 1.51. The van der Waals surface area contributed by atoms with Gasteiger partial charge in [-0.15, -0.1) is 18.3 Å². The summed E-state index contributed by atoms with van der Waals surface area (Å²) in [7, 11) is 0.540. The van der Waals surface area contributed by atoms with Crippen molar-refractivity contribution in [1.82, 2.24) is 0 Å². The van der Waals surface area contributed by atoms with Crippen molar-refractivity contribution in [1.29, 1.82) is 0 Å². The van der Waals surface area contributed by atoms with Gasteiger partial charge in [-0.3, -0.25) is 4.79 Å². The van der Waals surface area contributed by atoms with Gasteiger partial charge in [-0.2, -0.15) is 0 Å². The molecule has 0 bridgehead atoms. The van der Waals surface area contributed by atoms with Gasteiger partial charge in [0.2, 0.25) is 0 Å². The van der Waals surface area contributed by atoms with E-state index >= 15 is 0 Å². The Bertz CT molecular complexity index is 1090. The number of benzene rings is 1. The van der Waals surface area contributed by atoms with E-state index in [1.54, 1.807) is 25.3 Å². The van der Waals surface area contributed by atoms with Crippen LogP contribution in [0.4, 0.5) is 0 Å². The Kier molecular flexibility index (Phi) is 10.9. The lowest BCUT2D eigenvalue weighted by Gasteiger charge is -2.52. The molecule has 5 nitrogen and oxygen atoms in total. The first-order valence-electron chi connectivity index (χ1n) is 12.3. The fourth-order valence-electron chi connectivity index (χ4n) is 3.95. The number of ether oxygens (including phenoxy) is 3. The van der Waals surface area contributed by atoms with E-state index in [4.69, 9.17) is 18.6 Å². The number of allylic oxidation sites excluding steroid dienone is 2. The minimum Gasteiger partial charge on any atom is -0.469 e. The lowest BCUT2D eigenvalue weighted by atomic mass is 9.75. The Hall–Kier alpha value is -2.26. The largest absolute Gasteiger partial charge is 0.469 e. The molecule has 1 aliphatic rings. The Labute approximate surface area is 228 Å². The molecule has 0 saturated carbocycles. The molecule has 0 amide bonds. The molecule has 1 aliphatic carbocycles. The highest BCUT2D eigenvalue weighted by atomic mass is 32.2. The summed E-state index contributed by atoms with van der Waals surface area (Å²) < 4.78 is 22.5. The number of thioether (sulfide) groups is 1. The van der Waals surface area contributed by atoms with E-state index in [0.29, 0.717) is 0 Å². The summed E-state index contributed by atoms with van der Waals surface area (Å²) in [5, 5.41) is -0.0992. The fraction of sp³-hybridized carbons (Fsp3) is 0.500. The summed E-state index contributed by atoms with van der Waals surface area (Å²) in [6, 6.07) is 9.91. The third kappa shape index (κ3) is 7.41. The average molecular weight is 541 g/mol. The second-order valence-corrected chi connectivity index (χ2v) is 16.6. The van der Waals surface area contributed by atoms with Crippen molar-refractivity contribution >= 4 is 26.0 Å². The predicted molar refractivity (Wildman–Crippen MR) is 153 cm³/mol. The van der Waals surface area contributed by atoms with E-state index in [2.05, 4.69) is 64.1 Å². The van der Waals surface area contributed by atoms with Crippen LogP contribution in [0.2, 0.25) is 18.1 Å². The molecule has 0 unspecified atom stereocenters. The van der Waals surface area contributed by atoms with Crippen molar-refractivity contribution < 1.29 is 23.4 Å². The van der Waals surface area contributed by atoms with Crippen molar-refractivity contribution in [2.45, 2.75) is 73.6 Å². The van der Waals surface area contributed by atoms with Gasteiger partial charge >= 0.3 is 5.97 Å². The van der Waals surface area contributed by atoms with Crippen molar-refractivity contribution in [3.05, 3.63) is 55.1 Å². The first-order valence-corrected chi connectivity index (χ1v) is 16.0. The quantitative estimate of drug-likeness (QED) is 0.122. The van der Waals surface area contributed by atoms with Crippen LogP contribution in [0.15, 0.2) is 60.0 Å².